The Bertz CT molecular complexity index is 1010. The number of aryl methyl sites for hydroxylation is 1. The van der Waals surface area contributed by atoms with Crippen molar-refractivity contribution in [3.63, 3.8) is 0 Å². The summed E-state index contributed by atoms with van der Waals surface area (Å²) in [5.41, 5.74) is -0.315. The van der Waals surface area contributed by atoms with Gasteiger partial charge in [-0.15, -0.1) is 34.5 Å². The molecule has 174 valence electrons. The average molecular weight is 512 g/mol. The Labute approximate surface area is 197 Å². The first-order valence-corrected chi connectivity index (χ1v) is 13.1. The number of sulfonamides is 1. The summed E-state index contributed by atoms with van der Waals surface area (Å²) in [7, 11) is -4.11. The van der Waals surface area contributed by atoms with Crippen molar-refractivity contribution in [2.24, 2.45) is 0 Å². The summed E-state index contributed by atoms with van der Waals surface area (Å²) in [5.74, 6) is 1.91. The van der Waals surface area contributed by atoms with Crippen LogP contribution in [0.25, 0.3) is 10.1 Å². The molecule has 0 spiro atoms. The number of hydrogen-bond acceptors (Lipinski definition) is 7. The fraction of sp³-hybridized carbons (Fsp3) is 0.550. The van der Waals surface area contributed by atoms with E-state index in [9.17, 15) is 13.2 Å². The normalized spacial score (nSPS) is 12.1. The molecule has 0 radical (unpaired) electrons. The van der Waals surface area contributed by atoms with E-state index in [0.29, 0.717) is 65.0 Å². The van der Waals surface area contributed by atoms with Crippen LogP contribution in [0.5, 0.6) is 11.5 Å². The van der Waals surface area contributed by atoms with Gasteiger partial charge in [-0.3, -0.25) is 0 Å². The minimum atomic E-state index is -4.11. The van der Waals surface area contributed by atoms with E-state index in [0.717, 1.165) is 11.3 Å². The van der Waals surface area contributed by atoms with Gasteiger partial charge in [0.1, 0.15) is 9.81 Å². The second kappa shape index (κ2) is 10.9. The second-order valence-electron chi connectivity index (χ2n) is 7.70. The minimum absolute atomic E-state index is 0.0259. The first kappa shape index (κ1) is 25.8. The van der Waals surface area contributed by atoms with E-state index in [2.05, 4.69) is 0 Å². The maximum absolute atomic E-state index is 12.8. The summed E-state index contributed by atoms with van der Waals surface area (Å²) in [4.78, 5) is 12.0. The van der Waals surface area contributed by atoms with Crippen molar-refractivity contribution in [2.75, 3.05) is 25.0 Å². The molecule has 0 atom stereocenters. The van der Waals surface area contributed by atoms with E-state index >= 15 is 0 Å². The van der Waals surface area contributed by atoms with Gasteiger partial charge in [-0.05, 0) is 52.2 Å². The third-order valence-electron chi connectivity index (χ3n) is 3.89. The number of amides is 1. The number of rotatable bonds is 10. The van der Waals surface area contributed by atoms with Crippen LogP contribution in [0, 0.1) is 6.92 Å². The molecular formula is C20H27Cl2NO6S2. The lowest BCUT2D eigenvalue weighted by Gasteiger charge is -2.19. The molecule has 1 amide bonds. The molecule has 7 nitrogen and oxygen atoms in total. The van der Waals surface area contributed by atoms with Gasteiger partial charge in [0.05, 0.1) is 13.2 Å². The molecule has 1 heterocycles. The highest BCUT2D eigenvalue weighted by molar-refractivity contribution is 7.92. The number of carbonyl (C=O) groups excluding carboxylic acids is 1. The SMILES string of the molecule is Cc1c(S(=O)(=O)NC(=O)OC(C)(C)C)sc2cc(OCCCCl)c(OCCCCl)cc12. The summed E-state index contributed by atoms with van der Waals surface area (Å²) in [6, 6.07) is 3.49. The zero-order valence-corrected chi connectivity index (χ0v) is 21.1. The number of hydrogen-bond donors (Lipinski definition) is 1. The van der Waals surface area contributed by atoms with Gasteiger partial charge < -0.3 is 14.2 Å². The van der Waals surface area contributed by atoms with Gasteiger partial charge in [0.25, 0.3) is 10.0 Å². The quantitative estimate of drug-likeness (QED) is 0.337. The zero-order chi connectivity index (χ0) is 23.2. The lowest BCUT2D eigenvalue weighted by molar-refractivity contribution is 0.0570. The maximum Gasteiger partial charge on any atom is 0.421 e. The highest BCUT2D eigenvalue weighted by Gasteiger charge is 2.27. The number of carbonyl (C=O) groups is 1. The third-order valence-corrected chi connectivity index (χ3v) is 7.61. The lowest BCUT2D eigenvalue weighted by Crippen LogP contribution is -2.36. The zero-order valence-electron chi connectivity index (χ0n) is 17.9. The molecule has 0 fully saturated rings. The second-order valence-corrected chi connectivity index (χ2v) is 11.4. The van der Waals surface area contributed by atoms with Gasteiger partial charge in [-0.2, -0.15) is 0 Å². The molecule has 0 bridgehead atoms. The Morgan fingerprint density at radius 1 is 1.06 bits per heavy atom. The Morgan fingerprint density at radius 3 is 2.13 bits per heavy atom. The Morgan fingerprint density at radius 2 is 1.61 bits per heavy atom. The van der Waals surface area contributed by atoms with E-state index in [1.807, 2.05) is 4.72 Å². The van der Waals surface area contributed by atoms with Crippen LogP contribution < -0.4 is 14.2 Å². The van der Waals surface area contributed by atoms with E-state index in [-0.39, 0.29) is 4.21 Å². The number of fused-ring (bicyclic) bond motifs is 1. The molecular weight excluding hydrogens is 485 g/mol. The van der Waals surface area contributed by atoms with Crippen molar-refractivity contribution in [1.82, 2.24) is 4.72 Å². The summed E-state index contributed by atoms with van der Waals surface area (Å²) in [6.45, 7) is 7.44. The topological polar surface area (TPSA) is 90.9 Å². The maximum atomic E-state index is 12.8. The number of benzene rings is 1. The van der Waals surface area contributed by atoms with Crippen LogP contribution in [0.3, 0.4) is 0 Å². The van der Waals surface area contributed by atoms with Crippen LogP contribution in [-0.2, 0) is 14.8 Å². The summed E-state index contributed by atoms with van der Waals surface area (Å²) < 4.78 is 45.0. The Kier molecular flexibility index (Phi) is 9.12. The molecule has 0 saturated heterocycles. The van der Waals surface area contributed by atoms with Gasteiger partial charge in [-0.25, -0.2) is 17.9 Å². The molecule has 2 aromatic rings. The highest BCUT2D eigenvalue weighted by atomic mass is 35.5. The van der Waals surface area contributed by atoms with Crippen molar-refractivity contribution >= 4 is 60.7 Å². The number of thiophene rings is 1. The number of alkyl halides is 2. The van der Waals surface area contributed by atoms with Gasteiger partial charge in [0.2, 0.25) is 0 Å². The molecule has 0 saturated carbocycles. The summed E-state index contributed by atoms with van der Waals surface area (Å²) >= 11 is 12.5. The van der Waals surface area contributed by atoms with E-state index in [4.69, 9.17) is 37.4 Å². The summed E-state index contributed by atoms with van der Waals surface area (Å²) in [5, 5.41) is 0.695. The van der Waals surface area contributed by atoms with Crippen LogP contribution in [0.2, 0.25) is 0 Å². The van der Waals surface area contributed by atoms with Crippen molar-refractivity contribution in [3.8, 4) is 11.5 Å². The van der Waals surface area contributed by atoms with E-state index in [1.165, 1.54) is 0 Å². The first-order valence-electron chi connectivity index (χ1n) is 9.69. The molecule has 2 rings (SSSR count). The van der Waals surface area contributed by atoms with Crippen LogP contribution in [0.4, 0.5) is 4.79 Å². The molecule has 0 aliphatic carbocycles. The van der Waals surface area contributed by atoms with Gasteiger partial charge in [0, 0.05) is 27.9 Å². The van der Waals surface area contributed by atoms with E-state index < -0.39 is 21.7 Å². The molecule has 0 aliphatic heterocycles. The number of halogens is 2. The van der Waals surface area contributed by atoms with Crippen molar-refractivity contribution < 1.29 is 27.4 Å². The average Bonchev–Trinajstić information content (AvgIpc) is 2.97. The predicted molar refractivity (Wildman–Crippen MR) is 125 cm³/mol. The monoisotopic (exact) mass is 511 g/mol. The van der Waals surface area contributed by atoms with Crippen molar-refractivity contribution in [2.45, 2.75) is 50.3 Å². The molecule has 11 heteroatoms. The molecule has 31 heavy (non-hydrogen) atoms. The van der Waals surface area contributed by atoms with Gasteiger partial charge >= 0.3 is 6.09 Å². The van der Waals surface area contributed by atoms with Crippen molar-refractivity contribution in [3.05, 3.63) is 17.7 Å². The Hall–Kier alpha value is -1.42. The standard InChI is InChI=1S/C20H27Cl2NO6S2/c1-13-14-11-15(27-9-5-7-21)16(28-10-6-8-22)12-17(14)30-18(13)31(25,26)23-19(24)29-20(2,3)4/h11-12H,5-10H2,1-4H3,(H,23,24). The van der Waals surface area contributed by atoms with Crippen LogP contribution in [0.15, 0.2) is 16.3 Å². The highest BCUT2D eigenvalue weighted by Crippen LogP contribution is 2.41. The number of ether oxygens (including phenoxy) is 3. The van der Waals surface area contributed by atoms with Crippen LogP contribution >= 0.6 is 34.5 Å². The summed E-state index contributed by atoms with van der Waals surface area (Å²) in [6.07, 6.45) is 0.284. The fourth-order valence-corrected chi connectivity index (χ4v) is 5.48. The fourth-order valence-electron chi connectivity index (χ4n) is 2.62. The van der Waals surface area contributed by atoms with Gasteiger partial charge in [-0.1, -0.05) is 0 Å². The predicted octanol–water partition coefficient (Wildman–Crippen LogP) is 5.44. The Balaban J connectivity index is 2.41. The van der Waals surface area contributed by atoms with E-state index in [1.54, 1.807) is 39.8 Å². The van der Waals surface area contributed by atoms with Crippen LogP contribution in [0.1, 0.15) is 39.2 Å². The lowest BCUT2D eigenvalue weighted by atomic mass is 10.2. The number of nitrogens with one attached hydrogen (secondary N) is 1. The van der Waals surface area contributed by atoms with Crippen LogP contribution in [-0.4, -0.2) is 45.1 Å². The molecule has 0 aliphatic rings. The minimum Gasteiger partial charge on any atom is -0.490 e. The van der Waals surface area contributed by atoms with Crippen molar-refractivity contribution in [1.29, 1.82) is 0 Å². The molecule has 1 N–H and O–H groups in total. The smallest absolute Gasteiger partial charge is 0.421 e. The largest absolute Gasteiger partial charge is 0.490 e. The molecule has 0 unspecified atom stereocenters. The molecule has 1 aromatic heterocycles. The third kappa shape index (κ3) is 7.30. The first-order chi connectivity index (χ1) is 14.5. The van der Waals surface area contributed by atoms with Gasteiger partial charge in [0.15, 0.2) is 11.5 Å². The molecule has 1 aromatic carbocycles.